The van der Waals surface area contributed by atoms with Gasteiger partial charge in [-0.05, 0) is 81.7 Å². The normalized spacial score (nSPS) is 29.0. The summed E-state index contributed by atoms with van der Waals surface area (Å²) in [5, 5.41) is 6.24. The van der Waals surface area contributed by atoms with Gasteiger partial charge in [-0.3, -0.25) is 24.0 Å². The molecule has 0 aromatic heterocycles. The number of hydrogen-bond acceptors (Lipinski definition) is 8. The van der Waals surface area contributed by atoms with Crippen LogP contribution in [0.15, 0.2) is 54.6 Å². The van der Waals surface area contributed by atoms with Gasteiger partial charge in [0, 0.05) is 30.1 Å². The van der Waals surface area contributed by atoms with E-state index in [4.69, 9.17) is 4.74 Å². The molecule has 2 aliphatic carbocycles. The van der Waals surface area contributed by atoms with Crippen molar-refractivity contribution < 1.29 is 36.7 Å². The maximum Gasteiger partial charge on any atom is 0.410 e. The first-order chi connectivity index (χ1) is 24.8. The molecule has 5 aliphatic rings. The van der Waals surface area contributed by atoms with Crippen LogP contribution in [-0.4, -0.2) is 77.1 Å². The Morgan fingerprint density at radius 3 is 2.60 bits per heavy atom. The molecule has 7 rings (SSSR count). The Kier molecular flexibility index (Phi) is 9.55. The molecule has 3 aliphatic heterocycles. The van der Waals surface area contributed by atoms with Crippen LogP contribution in [-0.2, 0) is 42.2 Å². The third-order valence-electron chi connectivity index (χ3n) is 11.3. The quantitative estimate of drug-likeness (QED) is 0.369. The third-order valence-corrected chi connectivity index (χ3v) is 13.4. The summed E-state index contributed by atoms with van der Waals surface area (Å²) < 4.78 is 47.7. The van der Waals surface area contributed by atoms with Crippen LogP contribution in [0.4, 0.5) is 14.9 Å². The Balaban J connectivity index is 1.15. The Labute approximate surface area is 303 Å². The van der Waals surface area contributed by atoms with Crippen molar-refractivity contribution in [1.82, 2.24) is 19.8 Å². The molecule has 4 amide bonds. The van der Waals surface area contributed by atoms with E-state index in [2.05, 4.69) is 15.4 Å². The molecule has 12 nitrogen and oxygen atoms in total. The fourth-order valence-corrected chi connectivity index (χ4v) is 8.92. The summed E-state index contributed by atoms with van der Waals surface area (Å²) in [7, 11) is -3.98. The highest BCUT2D eigenvalue weighted by molar-refractivity contribution is 7.91. The first kappa shape index (κ1) is 35.9. The number of benzene rings is 2. The van der Waals surface area contributed by atoms with Gasteiger partial charge in [-0.25, -0.2) is 17.6 Å². The van der Waals surface area contributed by atoms with Gasteiger partial charge in [-0.1, -0.05) is 49.3 Å². The highest BCUT2D eigenvalue weighted by Gasteiger charge is 2.63. The van der Waals surface area contributed by atoms with Gasteiger partial charge in [-0.15, -0.1) is 0 Å². The van der Waals surface area contributed by atoms with E-state index in [1.807, 2.05) is 43.3 Å². The van der Waals surface area contributed by atoms with Crippen LogP contribution in [0.5, 0.6) is 0 Å². The van der Waals surface area contributed by atoms with Crippen molar-refractivity contribution in [2.75, 3.05) is 11.9 Å². The summed E-state index contributed by atoms with van der Waals surface area (Å²) in [6, 6.07) is 10.5. The molecule has 5 atom stereocenters. The largest absolute Gasteiger partial charge is 0.444 e. The lowest BCUT2D eigenvalue weighted by Gasteiger charge is -2.30. The molecule has 2 aromatic carbocycles. The lowest BCUT2D eigenvalue weighted by molar-refractivity contribution is -0.140. The number of carbonyl (C=O) groups excluding carboxylic acids is 4. The summed E-state index contributed by atoms with van der Waals surface area (Å²) in [6.45, 7) is 3.68. The van der Waals surface area contributed by atoms with Crippen molar-refractivity contribution in [3.8, 4) is 0 Å². The summed E-state index contributed by atoms with van der Waals surface area (Å²) in [5.74, 6) is -2.62. The number of nitrogens with one attached hydrogen (secondary N) is 3. The molecule has 52 heavy (non-hydrogen) atoms. The second-order valence-electron chi connectivity index (χ2n) is 15.3. The monoisotopic (exact) mass is 735 g/mol. The van der Waals surface area contributed by atoms with Gasteiger partial charge >= 0.3 is 6.09 Å². The second-order valence-corrected chi connectivity index (χ2v) is 17.5. The summed E-state index contributed by atoms with van der Waals surface area (Å²) >= 11 is 0. The molecular weight excluding hydrogens is 690 g/mol. The average molecular weight is 736 g/mol. The van der Waals surface area contributed by atoms with Crippen LogP contribution in [0.25, 0.3) is 0 Å². The topological polar surface area (TPSA) is 154 Å². The Hall–Kier alpha value is -4.46. The van der Waals surface area contributed by atoms with Crippen molar-refractivity contribution >= 4 is 39.5 Å². The molecule has 0 bridgehead atoms. The Morgan fingerprint density at radius 1 is 1.06 bits per heavy atom. The Morgan fingerprint density at radius 2 is 1.85 bits per heavy atom. The average Bonchev–Trinajstić information content (AvgIpc) is 3.89. The molecule has 278 valence electrons. The zero-order chi connectivity index (χ0) is 36.8. The number of ether oxygens (including phenoxy) is 1. The molecule has 14 heteroatoms. The summed E-state index contributed by atoms with van der Waals surface area (Å²) in [6.07, 6.45) is 6.99. The first-order valence-electron chi connectivity index (χ1n) is 18.2. The van der Waals surface area contributed by atoms with Crippen LogP contribution < -0.4 is 15.4 Å². The van der Waals surface area contributed by atoms with Crippen LogP contribution in [0, 0.1) is 18.7 Å². The molecule has 1 saturated heterocycles. The van der Waals surface area contributed by atoms with E-state index in [0.717, 1.165) is 36.9 Å². The van der Waals surface area contributed by atoms with Crippen LogP contribution >= 0.6 is 0 Å². The number of amides is 4. The van der Waals surface area contributed by atoms with Crippen molar-refractivity contribution in [3.63, 3.8) is 0 Å². The zero-order valence-electron chi connectivity index (χ0n) is 29.5. The number of anilines is 1. The smallest absolute Gasteiger partial charge is 0.410 e. The van der Waals surface area contributed by atoms with Crippen molar-refractivity contribution in [3.05, 3.63) is 77.1 Å². The van der Waals surface area contributed by atoms with E-state index in [0.29, 0.717) is 30.4 Å². The fourth-order valence-electron chi connectivity index (χ4n) is 7.61. The van der Waals surface area contributed by atoms with E-state index in [1.54, 1.807) is 19.1 Å². The minimum Gasteiger partial charge on any atom is -0.444 e. The molecule has 2 saturated carbocycles. The minimum atomic E-state index is -3.98. The van der Waals surface area contributed by atoms with Gasteiger partial charge in [-0.2, -0.15) is 0 Å². The number of carbonyl (C=O) groups is 4. The van der Waals surface area contributed by atoms with E-state index >= 15 is 0 Å². The van der Waals surface area contributed by atoms with E-state index in [9.17, 15) is 32.0 Å². The van der Waals surface area contributed by atoms with Gasteiger partial charge in [0.15, 0.2) is 0 Å². The van der Waals surface area contributed by atoms with E-state index in [1.165, 1.54) is 15.9 Å². The maximum atomic E-state index is 14.5. The van der Waals surface area contributed by atoms with Crippen LogP contribution in [0.2, 0.25) is 0 Å². The minimum absolute atomic E-state index is 0.0375. The highest BCUT2D eigenvalue weighted by Crippen LogP contribution is 2.47. The highest BCUT2D eigenvalue weighted by atomic mass is 32.2. The predicted octanol–water partition coefficient (Wildman–Crippen LogP) is 4.43. The number of halogens is 1. The summed E-state index contributed by atoms with van der Waals surface area (Å²) in [4.78, 5) is 58.8. The predicted molar refractivity (Wildman–Crippen MR) is 191 cm³/mol. The molecule has 2 aromatic rings. The number of sulfonamides is 1. The number of rotatable bonds is 6. The lowest BCUT2D eigenvalue weighted by atomic mass is 10.0. The van der Waals surface area contributed by atoms with Crippen LogP contribution in [0.1, 0.15) is 81.4 Å². The van der Waals surface area contributed by atoms with Gasteiger partial charge in [0.1, 0.15) is 29.5 Å². The molecule has 0 spiro atoms. The molecule has 3 N–H and O–H groups in total. The van der Waals surface area contributed by atoms with Gasteiger partial charge in [0.2, 0.25) is 21.8 Å². The van der Waals surface area contributed by atoms with Crippen molar-refractivity contribution in [2.45, 2.75) is 113 Å². The van der Waals surface area contributed by atoms with E-state index in [-0.39, 0.29) is 38.4 Å². The standard InChI is InChI=1S/C38H46FN5O7S/c1-24-10-8-13-27(18-24)40-31-15-7-5-3-4-6-12-26-20-38(26,35(47)42-52(49,50)37(2)16-17-37)41-33(45)32-19-28(22-44(32)34(31)46)51-36(48)43-21-25-11-9-14-30(39)29(25)23-43/h6,8-14,18,26,28,31-32,40H,3-5,7,15-17,19-23H2,1-2H3,(H,41,45)(H,42,47)/b12-6-/t26-,28-,31+,32+,38-/m1/s1. The molecule has 3 fully saturated rings. The van der Waals surface area contributed by atoms with Gasteiger partial charge in [0.05, 0.1) is 17.8 Å². The van der Waals surface area contributed by atoms with E-state index < -0.39 is 68.1 Å². The lowest BCUT2D eigenvalue weighted by Crippen LogP contribution is -2.58. The second kappa shape index (κ2) is 13.8. The third kappa shape index (κ3) is 7.13. The van der Waals surface area contributed by atoms with Crippen molar-refractivity contribution in [2.24, 2.45) is 5.92 Å². The number of fused-ring (bicyclic) bond motifs is 3. The molecular formula is C38H46FN5O7S. The number of hydrogen-bond donors (Lipinski definition) is 3. The summed E-state index contributed by atoms with van der Waals surface area (Å²) in [5.41, 5.74) is 1.36. The number of allylic oxidation sites excluding steroid dienone is 1. The first-order valence-corrected chi connectivity index (χ1v) is 19.7. The Bertz CT molecular complexity index is 1920. The zero-order valence-corrected chi connectivity index (χ0v) is 30.3. The number of aryl methyl sites for hydroxylation is 1. The van der Waals surface area contributed by atoms with Crippen LogP contribution in [0.3, 0.4) is 0 Å². The number of nitrogens with zero attached hydrogens (tertiary/aromatic N) is 2. The molecule has 3 heterocycles. The van der Waals surface area contributed by atoms with Gasteiger partial charge < -0.3 is 20.3 Å². The van der Waals surface area contributed by atoms with Gasteiger partial charge in [0.25, 0.3) is 5.91 Å². The maximum absolute atomic E-state index is 14.5. The fraction of sp³-hybridized carbons (Fsp3) is 0.526. The molecule has 0 radical (unpaired) electrons. The SMILES string of the molecule is Cc1cccc(N[C@H]2CCCCC/C=C\[C@@H]3C[C@@]3(C(=O)NS(=O)(=O)C3(C)CC3)NC(=O)[C@@H]3C[C@@H](OC(=O)N4Cc5cccc(F)c5C4)CN3C2=O)c1. The van der Waals surface area contributed by atoms with Crippen molar-refractivity contribution in [1.29, 1.82) is 0 Å². The molecule has 0 unspecified atom stereocenters.